The normalized spacial score (nSPS) is 25.0. The van der Waals surface area contributed by atoms with Crippen LogP contribution in [0.1, 0.15) is 67.2 Å². The second-order valence-electron chi connectivity index (χ2n) is 8.18. The molecule has 6 nitrogen and oxygen atoms in total. The molecule has 1 amide bonds. The summed E-state index contributed by atoms with van der Waals surface area (Å²) in [6, 6.07) is -0.682. The summed E-state index contributed by atoms with van der Waals surface area (Å²) in [6.45, 7) is 11.3. The Balaban J connectivity index is 2.88. The first kappa shape index (κ1) is 21.9. The highest BCUT2D eigenvalue weighted by atomic mass is 16.6. The minimum atomic E-state index is -0.544. The van der Waals surface area contributed by atoms with Gasteiger partial charge in [0, 0.05) is 31.5 Å². The summed E-state index contributed by atoms with van der Waals surface area (Å²) in [6.07, 6.45) is 3.44. The van der Waals surface area contributed by atoms with E-state index in [1.165, 1.54) is 6.92 Å². The second kappa shape index (κ2) is 9.53. The molecule has 0 bridgehead atoms. The lowest BCUT2D eigenvalue weighted by atomic mass is 9.86. The molecule has 4 atom stereocenters. The summed E-state index contributed by atoms with van der Waals surface area (Å²) < 4.78 is 5.48. The Morgan fingerprint density at radius 3 is 2.32 bits per heavy atom. The van der Waals surface area contributed by atoms with Gasteiger partial charge in [-0.3, -0.25) is 14.9 Å². The van der Waals surface area contributed by atoms with Crippen LogP contribution in [0.5, 0.6) is 0 Å². The molecule has 1 saturated heterocycles. The summed E-state index contributed by atoms with van der Waals surface area (Å²) >= 11 is 0. The lowest BCUT2D eigenvalue weighted by Gasteiger charge is -2.31. The van der Waals surface area contributed by atoms with E-state index < -0.39 is 11.6 Å². The number of carbonyl (C=O) groups excluding carboxylic acids is 2. The van der Waals surface area contributed by atoms with E-state index in [0.29, 0.717) is 12.3 Å². The van der Waals surface area contributed by atoms with Crippen molar-refractivity contribution in [3.8, 4) is 0 Å². The van der Waals surface area contributed by atoms with Crippen LogP contribution in [0.4, 0.5) is 0 Å². The second-order valence-corrected chi connectivity index (χ2v) is 8.18. The first-order valence-corrected chi connectivity index (χ1v) is 9.48. The zero-order valence-electron chi connectivity index (χ0n) is 16.6. The van der Waals surface area contributed by atoms with Gasteiger partial charge in [0.05, 0.1) is 0 Å². The molecule has 0 aromatic heterocycles. The highest BCUT2D eigenvalue weighted by Crippen LogP contribution is 2.28. The fourth-order valence-corrected chi connectivity index (χ4v) is 3.59. The molecule has 1 heterocycles. The molecule has 0 saturated carbocycles. The van der Waals surface area contributed by atoms with Crippen LogP contribution in [0.25, 0.3) is 0 Å². The summed E-state index contributed by atoms with van der Waals surface area (Å²) in [5.74, 6) is 0.0371. The maximum absolute atomic E-state index is 12.4. The number of hydrogen-bond donors (Lipinski definition) is 3. The van der Waals surface area contributed by atoms with Gasteiger partial charge < -0.3 is 15.2 Å². The Morgan fingerprint density at radius 1 is 1.28 bits per heavy atom. The van der Waals surface area contributed by atoms with Gasteiger partial charge in [0.25, 0.3) is 0 Å². The molecule has 146 valence electrons. The average molecular weight is 357 g/mol. The Morgan fingerprint density at radius 2 is 1.88 bits per heavy atom. The first-order valence-electron chi connectivity index (χ1n) is 9.48. The van der Waals surface area contributed by atoms with Crippen molar-refractivity contribution in [1.29, 1.82) is 0 Å². The highest BCUT2D eigenvalue weighted by molar-refractivity contribution is 5.77. The fourth-order valence-electron chi connectivity index (χ4n) is 3.59. The minimum absolute atomic E-state index is 0.0179. The van der Waals surface area contributed by atoms with E-state index in [0.717, 1.165) is 19.3 Å². The third kappa shape index (κ3) is 6.94. The van der Waals surface area contributed by atoms with Crippen LogP contribution in [0.2, 0.25) is 0 Å². The lowest BCUT2D eigenvalue weighted by molar-refractivity contribution is -0.157. The SMILES string of the molecule is CCC(CC)C[C@H](NC(C)=O)[C@@H]1NC(C(=O)OC(C)(C)C)C[C@H]1CO. The standard InChI is InChI=1S/C19H36N2O4/c1-7-13(8-2)9-15(20-12(3)23)17-14(11-22)10-16(21-17)18(24)25-19(4,5)6/h13-17,21-22H,7-11H2,1-6H3,(H,20,23)/t14-,15-,16?,17+/m0/s1. The number of aliphatic hydroxyl groups excluding tert-OH is 1. The molecule has 0 aliphatic carbocycles. The largest absolute Gasteiger partial charge is 0.459 e. The summed E-state index contributed by atoms with van der Waals surface area (Å²) in [5, 5.41) is 16.1. The van der Waals surface area contributed by atoms with Gasteiger partial charge in [-0.15, -0.1) is 0 Å². The van der Waals surface area contributed by atoms with Gasteiger partial charge in [-0.1, -0.05) is 26.7 Å². The molecular weight excluding hydrogens is 320 g/mol. The van der Waals surface area contributed by atoms with Gasteiger partial charge >= 0.3 is 5.97 Å². The first-order chi connectivity index (χ1) is 11.6. The van der Waals surface area contributed by atoms with Crippen molar-refractivity contribution in [3.05, 3.63) is 0 Å². The van der Waals surface area contributed by atoms with E-state index in [4.69, 9.17) is 4.74 Å². The molecule has 1 aliphatic heterocycles. The number of rotatable bonds is 8. The predicted molar refractivity (Wildman–Crippen MR) is 98.0 cm³/mol. The predicted octanol–water partition coefficient (Wildman–Crippen LogP) is 2.00. The van der Waals surface area contributed by atoms with Crippen molar-refractivity contribution < 1.29 is 19.4 Å². The molecule has 1 rings (SSSR count). The van der Waals surface area contributed by atoms with Crippen LogP contribution in [-0.4, -0.2) is 47.3 Å². The lowest BCUT2D eigenvalue weighted by Crippen LogP contribution is -2.53. The zero-order valence-corrected chi connectivity index (χ0v) is 16.6. The van der Waals surface area contributed by atoms with Gasteiger partial charge in [0.1, 0.15) is 11.6 Å². The molecule has 0 aromatic carbocycles. The smallest absolute Gasteiger partial charge is 0.323 e. The Hall–Kier alpha value is -1.14. The number of carbonyl (C=O) groups is 2. The molecule has 0 spiro atoms. The van der Waals surface area contributed by atoms with E-state index in [-0.39, 0.29) is 36.5 Å². The number of hydrogen-bond acceptors (Lipinski definition) is 5. The molecule has 3 N–H and O–H groups in total. The van der Waals surface area contributed by atoms with Gasteiger partial charge in [-0.05, 0) is 39.5 Å². The quantitative estimate of drug-likeness (QED) is 0.579. The third-order valence-corrected chi connectivity index (χ3v) is 4.93. The molecule has 1 aliphatic rings. The summed E-state index contributed by atoms with van der Waals surface area (Å²) in [5.41, 5.74) is -0.544. The Kier molecular flexibility index (Phi) is 8.35. The molecule has 25 heavy (non-hydrogen) atoms. The average Bonchev–Trinajstić information content (AvgIpc) is 2.93. The maximum Gasteiger partial charge on any atom is 0.323 e. The maximum atomic E-state index is 12.4. The molecule has 0 radical (unpaired) electrons. The third-order valence-electron chi connectivity index (χ3n) is 4.93. The van der Waals surface area contributed by atoms with Crippen LogP contribution in [0.15, 0.2) is 0 Å². The van der Waals surface area contributed by atoms with Crippen LogP contribution >= 0.6 is 0 Å². The van der Waals surface area contributed by atoms with Crippen LogP contribution in [-0.2, 0) is 14.3 Å². The van der Waals surface area contributed by atoms with E-state index in [9.17, 15) is 14.7 Å². The Labute approximate surface area is 152 Å². The molecular formula is C19H36N2O4. The van der Waals surface area contributed by atoms with Gasteiger partial charge in [0.15, 0.2) is 0 Å². The van der Waals surface area contributed by atoms with Gasteiger partial charge in [-0.25, -0.2) is 0 Å². The number of aliphatic hydroxyl groups is 1. The van der Waals surface area contributed by atoms with Gasteiger partial charge in [-0.2, -0.15) is 0 Å². The number of ether oxygens (including phenoxy) is 1. The van der Waals surface area contributed by atoms with Crippen LogP contribution in [0, 0.1) is 11.8 Å². The highest BCUT2D eigenvalue weighted by Gasteiger charge is 2.42. The summed E-state index contributed by atoms with van der Waals surface area (Å²) in [4.78, 5) is 24.1. The molecule has 1 unspecified atom stereocenters. The van der Waals surface area contributed by atoms with Crippen molar-refractivity contribution in [2.45, 2.75) is 91.0 Å². The number of amides is 1. The van der Waals surface area contributed by atoms with Crippen molar-refractivity contribution in [2.75, 3.05) is 6.61 Å². The molecule has 1 fully saturated rings. The van der Waals surface area contributed by atoms with Crippen molar-refractivity contribution in [3.63, 3.8) is 0 Å². The number of esters is 1. The Bertz CT molecular complexity index is 443. The summed E-state index contributed by atoms with van der Waals surface area (Å²) in [7, 11) is 0. The van der Waals surface area contributed by atoms with Crippen molar-refractivity contribution >= 4 is 11.9 Å². The topological polar surface area (TPSA) is 87.7 Å². The molecule has 0 aromatic rings. The van der Waals surface area contributed by atoms with Crippen LogP contribution in [0.3, 0.4) is 0 Å². The minimum Gasteiger partial charge on any atom is -0.459 e. The molecule has 6 heteroatoms. The zero-order chi connectivity index (χ0) is 19.2. The van der Waals surface area contributed by atoms with E-state index in [2.05, 4.69) is 24.5 Å². The van der Waals surface area contributed by atoms with Crippen molar-refractivity contribution in [1.82, 2.24) is 10.6 Å². The fraction of sp³-hybridized carbons (Fsp3) is 0.895. The van der Waals surface area contributed by atoms with Gasteiger partial charge in [0.2, 0.25) is 5.91 Å². The monoisotopic (exact) mass is 356 g/mol. The van der Waals surface area contributed by atoms with E-state index in [1.54, 1.807) is 0 Å². The van der Waals surface area contributed by atoms with E-state index >= 15 is 0 Å². The van der Waals surface area contributed by atoms with Crippen LogP contribution < -0.4 is 10.6 Å². The van der Waals surface area contributed by atoms with E-state index in [1.807, 2.05) is 20.8 Å². The number of nitrogens with one attached hydrogen (secondary N) is 2. The van der Waals surface area contributed by atoms with Crippen molar-refractivity contribution in [2.24, 2.45) is 11.8 Å².